The molecule has 1 aliphatic heterocycles. The number of halogens is 3. The lowest BCUT2D eigenvalue weighted by Gasteiger charge is -2.23. The van der Waals surface area contributed by atoms with Crippen LogP contribution < -0.4 is 10.1 Å². The topological polar surface area (TPSA) is 69.0 Å². The number of carbonyl (C=O) groups is 1. The van der Waals surface area contributed by atoms with Crippen LogP contribution in [-0.2, 0) is 0 Å². The van der Waals surface area contributed by atoms with Crippen molar-refractivity contribution in [3.8, 4) is 17.0 Å². The molecule has 2 unspecified atom stereocenters. The Morgan fingerprint density at radius 2 is 2.12 bits per heavy atom. The van der Waals surface area contributed by atoms with Gasteiger partial charge in [0.05, 0.1) is 28.3 Å². The fraction of sp³-hybridized carbons (Fsp3) is 0.344. The first-order valence-electron chi connectivity index (χ1n) is 14.3. The van der Waals surface area contributed by atoms with E-state index in [1.165, 1.54) is 17.4 Å². The lowest BCUT2D eigenvalue weighted by molar-refractivity contribution is 0.0944. The van der Waals surface area contributed by atoms with E-state index in [2.05, 4.69) is 17.3 Å². The first kappa shape index (κ1) is 26.1. The highest BCUT2D eigenvalue weighted by molar-refractivity contribution is 7.17. The number of aromatic nitrogens is 3. The van der Waals surface area contributed by atoms with Crippen molar-refractivity contribution in [3.63, 3.8) is 0 Å². The summed E-state index contributed by atoms with van der Waals surface area (Å²) in [4.78, 5) is 18.3. The summed E-state index contributed by atoms with van der Waals surface area (Å²) < 4.78 is 39.1. The van der Waals surface area contributed by atoms with Crippen LogP contribution in [0.15, 0.2) is 48.0 Å². The molecule has 1 N–H and O–H groups in total. The largest absolute Gasteiger partial charge is 0.490 e. The van der Waals surface area contributed by atoms with Crippen molar-refractivity contribution < 1.29 is 18.3 Å². The van der Waals surface area contributed by atoms with Crippen LogP contribution in [0, 0.1) is 5.82 Å². The number of amides is 1. The summed E-state index contributed by atoms with van der Waals surface area (Å²) in [6, 6.07) is 10.7. The number of pyridine rings is 1. The second-order valence-electron chi connectivity index (χ2n) is 11.8. The highest BCUT2D eigenvalue weighted by atomic mass is 35.5. The fourth-order valence-corrected chi connectivity index (χ4v) is 7.27. The number of nitrogens with one attached hydrogen (secondary N) is 1. The number of hydrogen-bond donors (Lipinski definition) is 1. The smallest absolute Gasteiger partial charge is 0.251 e. The van der Waals surface area contributed by atoms with Crippen LogP contribution in [0.1, 0.15) is 72.1 Å². The van der Waals surface area contributed by atoms with Gasteiger partial charge in [-0.25, -0.2) is 13.8 Å². The second kappa shape index (κ2) is 9.47. The zero-order chi connectivity index (χ0) is 28.7. The lowest BCUT2D eigenvalue weighted by atomic mass is 9.92. The Labute approximate surface area is 249 Å². The maximum absolute atomic E-state index is 16.0. The summed E-state index contributed by atoms with van der Waals surface area (Å²) in [5, 5.41) is 11.4. The molecule has 2 fully saturated rings. The van der Waals surface area contributed by atoms with Crippen molar-refractivity contribution in [1.82, 2.24) is 20.1 Å². The van der Waals surface area contributed by atoms with Gasteiger partial charge in [0.1, 0.15) is 28.4 Å². The molecule has 8 rings (SSSR count). The summed E-state index contributed by atoms with van der Waals surface area (Å²) in [7, 11) is 0. The van der Waals surface area contributed by atoms with Gasteiger partial charge >= 0.3 is 0 Å². The van der Waals surface area contributed by atoms with Crippen LogP contribution in [0.25, 0.3) is 32.2 Å². The molecule has 5 aromatic rings. The van der Waals surface area contributed by atoms with Gasteiger partial charge in [-0.15, -0.1) is 11.3 Å². The van der Waals surface area contributed by atoms with Gasteiger partial charge in [0, 0.05) is 57.2 Å². The molecule has 2 aliphatic carbocycles. The van der Waals surface area contributed by atoms with E-state index in [1.54, 1.807) is 18.2 Å². The van der Waals surface area contributed by atoms with E-state index in [9.17, 15) is 9.18 Å². The second-order valence-corrected chi connectivity index (χ2v) is 13.1. The third-order valence-corrected chi connectivity index (χ3v) is 10.1. The molecule has 10 heteroatoms. The zero-order valence-electron chi connectivity index (χ0n) is 22.8. The van der Waals surface area contributed by atoms with Gasteiger partial charge in [0.2, 0.25) is 0 Å². The normalized spacial score (nSPS) is 19.6. The molecule has 0 spiro atoms. The first-order chi connectivity index (χ1) is 20.3. The molecule has 4 heterocycles. The molecule has 1 amide bonds. The Bertz CT molecular complexity index is 1910. The third-order valence-electron chi connectivity index (χ3n) is 8.78. The van der Waals surface area contributed by atoms with Gasteiger partial charge in [-0.1, -0.05) is 30.7 Å². The summed E-state index contributed by atoms with van der Waals surface area (Å²) in [5.41, 5.74) is 2.49. The van der Waals surface area contributed by atoms with E-state index in [1.807, 2.05) is 28.4 Å². The SMILES string of the molecule is CC1COc2c1cc(C(CNC(=O)c1cc(Cl)c3nn(C4CC4)cc3c1)C1(F)CC1)nc2-c1csc2c(F)cccc12. The van der Waals surface area contributed by atoms with Crippen LogP contribution in [-0.4, -0.2) is 39.5 Å². The molecular weight excluding hydrogens is 578 g/mol. The number of hydrogen-bond acceptors (Lipinski definition) is 5. The van der Waals surface area contributed by atoms with Gasteiger partial charge in [0.25, 0.3) is 5.91 Å². The van der Waals surface area contributed by atoms with Crippen LogP contribution in [0.5, 0.6) is 5.75 Å². The monoisotopic (exact) mass is 604 g/mol. The van der Waals surface area contributed by atoms with Gasteiger partial charge in [0.15, 0.2) is 0 Å². The van der Waals surface area contributed by atoms with E-state index in [-0.39, 0.29) is 24.2 Å². The quantitative estimate of drug-likeness (QED) is 0.205. The predicted octanol–water partition coefficient (Wildman–Crippen LogP) is 7.95. The Hall–Kier alpha value is -3.56. The summed E-state index contributed by atoms with van der Waals surface area (Å²) in [5.74, 6) is -0.513. The molecule has 42 heavy (non-hydrogen) atoms. The minimum Gasteiger partial charge on any atom is -0.490 e. The lowest BCUT2D eigenvalue weighted by Crippen LogP contribution is -2.33. The molecule has 2 aromatic carbocycles. The minimum absolute atomic E-state index is 0.0752. The Morgan fingerprint density at radius 1 is 1.29 bits per heavy atom. The van der Waals surface area contributed by atoms with E-state index in [4.69, 9.17) is 21.3 Å². The highest BCUT2D eigenvalue weighted by Crippen LogP contribution is 2.52. The van der Waals surface area contributed by atoms with Crippen molar-refractivity contribution in [1.29, 1.82) is 0 Å². The van der Waals surface area contributed by atoms with Crippen molar-refractivity contribution in [2.75, 3.05) is 13.2 Å². The molecule has 2 saturated carbocycles. The van der Waals surface area contributed by atoms with E-state index in [0.717, 1.165) is 34.7 Å². The van der Waals surface area contributed by atoms with Crippen LogP contribution >= 0.6 is 22.9 Å². The molecule has 6 nitrogen and oxygen atoms in total. The Kier molecular flexibility index (Phi) is 5.89. The maximum atomic E-state index is 16.0. The number of nitrogens with zero attached hydrogens (tertiary/aromatic N) is 3. The summed E-state index contributed by atoms with van der Waals surface area (Å²) >= 11 is 7.83. The number of thiophene rings is 1. The number of rotatable bonds is 7. The molecule has 2 atom stereocenters. The Balaban J connectivity index is 1.14. The van der Waals surface area contributed by atoms with Crippen LogP contribution in [0.4, 0.5) is 8.78 Å². The average Bonchev–Trinajstić information content (AvgIpc) is 3.82. The van der Waals surface area contributed by atoms with Crippen molar-refractivity contribution in [2.24, 2.45) is 0 Å². The molecule has 0 bridgehead atoms. The van der Waals surface area contributed by atoms with Gasteiger partial charge in [-0.2, -0.15) is 5.10 Å². The van der Waals surface area contributed by atoms with Gasteiger partial charge < -0.3 is 10.1 Å². The van der Waals surface area contributed by atoms with E-state index < -0.39 is 11.6 Å². The number of fused-ring (bicyclic) bond motifs is 3. The van der Waals surface area contributed by atoms with Crippen molar-refractivity contribution >= 4 is 49.8 Å². The van der Waals surface area contributed by atoms with Crippen LogP contribution in [0.2, 0.25) is 5.02 Å². The zero-order valence-corrected chi connectivity index (χ0v) is 24.4. The molecule has 3 aromatic heterocycles. The fourth-order valence-electron chi connectivity index (χ4n) is 6.04. The minimum atomic E-state index is -1.47. The van der Waals surface area contributed by atoms with E-state index in [0.29, 0.717) is 63.4 Å². The molecule has 3 aliphatic rings. The third kappa shape index (κ3) is 4.28. The van der Waals surface area contributed by atoms with Crippen LogP contribution in [0.3, 0.4) is 0 Å². The number of carbonyl (C=O) groups excluding carboxylic acids is 1. The predicted molar refractivity (Wildman–Crippen MR) is 160 cm³/mol. The molecule has 214 valence electrons. The standard InChI is InChI=1S/C32H27ClF2N4O2S/c1-16-14-41-29-21(16)11-26(37-28(29)22-15-42-30-20(22)3-2-4-25(30)34)23(32(35)7-8-32)12-36-31(40)17-9-18-13-39(19-5-6-19)38-27(18)24(33)10-17/h2-4,9-11,13,15-16,19,23H,5-8,12,14H2,1H3,(H,36,40). The number of alkyl halides is 1. The van der Waals surface area contributed by atoms with Gasteiger partial charge in [-0.3, -0.25) is 9.48 Å². The molecule has 0 radical (unpaired) electrons. The maximum Gasteiger partial charge on any atom is 0.251 e. The van der Waals surface area contributed by atoms with Crippen molar-refractivity contribution in [2.45, 2.75) is 56.2 Å². The molecule has 0 saturated heterocycles. The summed E-state index contributed by atoms with van der Waals surface area (Å²) in [6.45, 7) is 2.63. The first-order valence-corrected chi connectivity index (χ1v) is 15.5. The Morgan fingerprint density at radius 3 is 2.90 bits per heavy atom. The number of ether oxygens (including phenoxy) is 1. The van der Waals surface area contributed by atoms with Gasteiger partial charge in [-0.05, 0) is 49.9 Å². The van der Waals surface area contributed by atoms with Crippen molar-refractivity contribution in [3.05, 3.63) is 75.6 Å². The highest BCUT2D eigenvalue weighted by Gasteiger charge is 2.52. The average molecular weight is 605 g/mol. The van der Waals surface area contributed by atoms with E-state index >= 15 is 4.39 Å². The number of benzene rings is 2. The summed E-state index contributed by atoms with van der Waals surface area (Å²) in [6.07, 6.45) is 4.91. The molecular formula is C32H27ClF2N4O2S.